The van der Waals surface area contributed by atoms with Gasteiger partial charge in [-0.05, 0) is 18.2 Å². The first-order chi connectivity index (χ1) is 9.66. The molecule has 0 aliphatic carbocycles. The summed E-state index contributed by atoms with van der Waals surface area (Å²) in [4.78, 5) is 16.2. The number of amides is 1. The Hall–Kier alpha value is -2.04. The standard InChI is InChI=1S/C14H10Cl2N2O2/c15-11-6-2-1-5-10(11)9-17-20-14(19)18-13-8-4-3-7-12(13)16/h1-9H,(H,18,19). The quantitative estimate of drug-likeness (QED) is 0.513. The van der Waals surface area contributed by atoms with Crippen molar-refractivity contribution in [1.29, 1.82) is 0 Å². The summed E-state index contributed by atoms with van der Waals surface area (Å²) >= 11 is 11.8. The van der Waals surface area contributed by atoms with Crippen LogP contribution in [0.1, 0.15) is 5.56 Å². The fourth-order valence-corrected chi connectivity index (χ4v) is 1.77. The van der Waals surface area contributed by atoms with Gasteiger partial charge < -0.3 is 0 Å². The Kier molecular flexibility index (Phi) is 4.98. The molecule has 2 aromatic rings. The van der Waals surface area contributed by atoms with Crippen LogP contribution in [0.5, 0.6) is 0 Å². The van der Waals surface area contributed by atoms with Crippen LogP contribution in [0.25, 0.3) is 0 Å². The minimum Gasteiger partial charge on any atom is -0.298 e. The Balaban J connectivity index is 1.93. The number of benzene rings is 2. The molecule has 0 saturated heterocycles. The van der Waals surface area contributed by atoms with Crippen LogP contribution in [0, 0.1) is 0 Å². The molecule has 0 radical (unpaired) electrons. The Morgan fingerprint density at radius 3 is 2.40 bits per heavy atom. The van der Waals surface area contributed by atoms with Crippen LogP contribution in [-0.4, -0.2) is 12.3 Å². The normalized spacial score (nSPS) is 10.5. The summed E-state index contributed by atoms with van der Waals surface area (Å²) in [5, 5.41) is 6.97. The van der Waals surface area contributed by atoms with Gasteiger partial charge in [0.2, 0.25) is 0 Å². The van der Waals surface area contributed by atoms with Gasteiger partial charge in [0.25, 0.3) is 0 Å². The lowest BCUT2D eigenvalue weighted by molar-refractivity contribution is 0.167. The fraction of sp³-hybridized carbons (Fsp3) is 0. The molecular formula is C14H10Cl2N2O2. The predicted octanol–water partition coefficient (Wildman–Crippen LogP) is 4.58. The number of carbonyl (C=O) groups is 1. The van der Waals surface area contributed by atoms with E-state index in [2.05, 4.69) is 15.3 Å². The van der Waals surface area contributed by atoms with Crippen molar-refractivity contribution in [2.75, 3.05) is 5.32 Å². The number of nitrogens with zero attached hydrogens (tertiary/aromatic N) is 1. The second kappa shape index (κ2) is 6.93. The molecule has 4 nitrogen and oxygen atoms in total. The molecule has 0 saturated carbocycles. The number of nitrogens with one attached hydrogen (secondary N) is 1. The number of halogens is 2. The highest BCUT2D eigenvalue weighted by molar-refractivity contribution is 6.33. The van der Waals surface area contributed by atoms with Crippen LogP contribution in [0.15, 0.2) is 53.7 Å². The molecule has 2 rings (SSSR count). The lowest BCUT2D eigenvalue weighted by atomic mass is 10.2. The Morgan fingerprint density at radius 2 is 1.70 bits per heavy atom. The number of hydrogen-bond acceptors (Lipinski definition) is 3. The van der Waals surface area contributed by atoms with Gasteiger partial charge in [-0.2, -0.15) is 0 Å². The zero-order valence-corrected chi connectivity index (χ0v) is 11.7. The third-order valence-corrected chi connectivity index (χ3v) is 3.02. The Morgan fingerprint density at radius 1 is 1.05 bits per heavy atom. The number of oxime groups is 1. The molecule has 0 atom stereocenters. The monoisotopic (exact) mass is 308 g/mol. The van der Waals surface area contributed by atoms with Gasteiger partial charge in [-0.1, -0.05) is 58.7 Å². The minimum absolute atomic E-state index is 0.416. The molecule has 20 heavy (non-hydrogen) atoms. The smallest absolute Gasteiger partial charge is 0.298 e. The van der Waals surface area contributed by atoms with E-state index in [-0.39, 0.29) is 0 Å². The van der Waals surface area contributed by atoms with E-state index in [9.17, 15) is 4.79 Å². The van der Waals surface area contributed by atoms with Crippen molar-refractivity contribution >= 4 is 41.2 Å². The van der Waals surface area contributed by atoms with Gasteiger partial charge in [0.15, 0.2) is 0 Å². The van der Waals surface area contributed by atoms with Crippen LogP contribution in [-0.2, 0) is 4.84 Å². The molecule has 6 heteroatoms. The summed E-state index contributed by atoms with van der Waals surface area (Å²) < 4.78 is 0. The van der Waals surface area contributed by atoms with E-state index in [1.165, 1.54) is 6.21 Å². The second-order valence-corrected chi connectivity index (χ2v) is 4.55. The molecule has 0 bridgehead atoms. The van der Waals surface area contributed by atoms with Gasteiger partial charge in [0.1, 0.15) is 0 Å². The molecular weight excluding hydrogens is 299 g/mol. The van der Waals surface area contributed by atoms with Crippen molar-refractivity contribution in [2.24, 2.45) is 5.16 Å². The largest absolute Gasteiger partial charge is 0.437 e. The van der Waals surface area contributed by atoms with Crippen LogP contribution in [0.2, 0.25) is 10.0 Å². The summed E-state index contributed by atoms with van der Waals surface area (Å²) in [6, 6.07) is 13.9. The van der Waals surface area contributed by atoms with Crippen molar-refractivity contribution < 1.29 is 9.63 Å². The molecule has 2 aromatic carbocycles. The van der Waals surface area contributed by atoms with Gasteiger partial charge in [-0.25, -0.2) is 4.79 Å². The maximum absolute atomic E-state index is 11.5. The average molecular weight is 309 g/mol. The van der Waals surface area contributed by atoms with Crippen molar-refractivity contribution in [3.8, 4) is 0 Å². The summed E-state index contributed by atoms with van der Waals surface area (Å²) in [5.41, 5.74) is 1.10. The highest BCUT2D eigenvalue weighted by Crippen LogP contribution is 2.20. The molecule has 0 spiro atoms. The van der Waals surface area contributed by atoms with E-state index in [0.717, 1.165) is 0 Å². The Bertz CT molecular complexity index is 645. The highest BCUT2D eigenvalue weighted by Gasteiger charge is 2.05. The van der Waals surface area contributed by atoms with Crippen molar-refractivity contribution in [1.82, 2.24) is 0 Å². The first-order valence-electron chi connectivity index (χ1n) is 5.67. The van der Waals surface area contributed by atoms with E-state index in [1.54, 1.807) is 48.5 Å². The maximum atomic E-state index is 11.5. The van der Waals surface area contributed by atoms with Crippen molar-refractivity contribution in [3.63, 3.8) is 0 Å². The Labute approximate surface area is 125 Å². The maximum Gasteiger partial charge on any atom is 0.437 e. The zero-order valence-electron chi connectivity index (χ0n) is 10.2. The molecule has 102 valence electrons. The van der Waals surface area contributed by atoms with Crippen molar-refractivity contribution in [2.45, 2.75) is 0 Å². The molecule has 0 fully saturated rings. The third kappa shape index (κ3) is 3.98. The van der Waals surface area contributed by atoms with Crippen LogP contribution in [0.4, 0.5) is 10.5 Å². The number of carbonyl (C=O) groups excluding carboxylic acids is 1. The van der Waals surface area contributed by atoms with E-state index >= 15 is 0 Å². The van der Waals surface area contributed by atoms with Crippen LogP contribution in [0.3, 0.4) is 0 Å². The predicted molar refractivity (Wildman–Crippen MR) is 80.6 cm³/mol. The van der Waals surface area contributed by atoms with Gasteiger partial charge in [0.05, 0.1) is 16.9 Å². The third-order valence-electron chi connectivity index (χ3n) is 2.34. The number of hydrogen-bond donors (Lipinski definition) is 1. The fourth-order valence-electron chi connectivity index (χ4n) is 1.41. The van der Waals surface area contributed by atoms with Gasteiger partial charge >= 0.3 is 6.09 Å². The van der Waals surface area contributed by atoms with Crippen molar-refractivity contribution in [3.05, 3.63) is 64.1 Å². The number of anilines is 1. The topological polar surface area (TPSA) is 50.7 Å². The minimum atomic E-state index is -0.735. The van der Waals surface area contributed by atoms with E-state index in [1.807, 2.05) is 0 Å². The number of para-hydroxylation sites is 1. The molecule has 0 heterocycles. The summed E-state index contributed by atoms with van der Waals surface area (Å²) in [6.07, 6.45) is 0.621. The van der Waals surface area contributed by atoms with E-state index in [0.29, 0.717) is 21.3 Å². The SMILES string of the molecule is O=C(Nc1ccccc1Cl)ON=Cc1ccccc1Cl. The van der Waals surface area contributed by atoms with Gasteiger partial charge in [0, 0.05) is 10.6 Å². The van der Waals surface area contributed by atoms with Crippen LogP contribution < -0.4 is 5.32 Å². The molecule has 1 amide bonds. The summed E-state index contributed by atoms with van der Waals surface area (Å²) in [5.74, 6) is 0. The first kappa shape index (κ1) is 14.4. The molecule has 0 aliphatic heterocycles. The van der Waals surface area contributed by atoms with Crippen LogP contribution >= 0.6 is 23.2 Å². The first-order valence-corrected chi connectivity index (χ1v) is 6.43. The molecule has 0 unspecified atom stereocenters. The van der Waals surface area contributed by atoms with Gasteiger partial charge in [-0.3, -0.25) is 10.2 Å². The summed E-state index contributed by atoms with van der Waals surface area (Å²) in [7, 11) is 0. The lowest BCUT2D eigenvalue weighted by Crippen LogP contribution is -2.11. The lowest BCUT2D eigenvalue weighted by Gasteiger charge is -2.04. The average Bonchev–Trinajstić information content (AvgIpc) is 2.43. The van der Waals surface area contributed by atoms with E-state index in [4.69, 9.17) is 23.2 Å². The molecule has 1 N–H and O–H groups in total. The van der Waals surface area contributed by atoms with E-state index < -0.39 is 6.09 Å². The zero-order chi connectivity index (χ0) is 14.4. The van der Waals surface area contributed by atoms with Gasteiger partial charge in [-0.15, -0.1) is 0 Å². The number of rotatable bonds is 3. The second-order valence-electron chi connectivity index (χ2n) is 3.74. The summed E-state index contributed by atoms with van der Waals surface area (Å²) in [6.45, 7) is 0. The molecule has 0 aromatic heterocycles. The molecule has 0 aliphatic rings. The highest BCUT2D eigenvalue weighted by atomic mass is 35.5.